The van der Waals surface area contributed by atoms with Gasteiger partial charge in [0.05, 0.1) is 24.9 Å². The molecule has 4 atom stereocenters. The molecule has 0 spiro atoms. The topological polar surface area (TPSA) is 93.0 Å². The summed E-state index contributed by atoms with van der Waals surface area (Å²) >= 11 is 0. The highest BCUT2D eigenvalue weighted by Gasteiger charge is 2.35. The molecule has 0 bridgehead atoms. The SMILES string of the molecule is OC[C@H]1NC[C@@H](O)[C@@H](O)C1O. The first-order valence-electron chi connectivity index (χ1n) is 3.55. The Morgan fingerprint density at radius 1 is 1.18 bits per heavy atom. The third-order valence-corrected chi connectivity index (χ3v) is 1.94. The zero-order valence-corrected chi connectivity index (χ0v) is 6.01. The van der Waals surface area contributed by atoms with Crippen molar-refractivity contribution in [3.63, 3.8) is 0 Å². The zero-order valence-electron chi connectivity index (χ0n) is 6.01. The lowest BCUT2D eigenvalue weighted by Crippen LogP contribution is -2.60. The van der Waals surface area contributed by atoms with Gasteiger partial charge in [0.15, 0.2) is 0 Å². The molecule has 1 saturated heterocycles. The van der Waals surface area contributed by atoms with Crippen molar-refractivity contribution in [1.82, 2.24) is 5.32 Å². The van der Waals surface area contributed by atoms with Gasteiger partial charge in [-0.3, -0.25) is 0 Å². The predicted octanol–water partition coefficient (Wildman–Crippen LogP) is -2.97. The van der Waals surface area contributed by atoms with Crippen LogP contribution in [0.3, 0.4) is 0 Å². The summed E-state index contributed by atoms with van der Waals surface area (Å²) in [5.41, 5.74) is 0. The lowest BCUT2D eigenvalue weighted by molar-refractivity contribution is -0.101. The Hall–Kier alpha value is -0.200. The molecule has 0 radical (unpaired) electrons. The third kappa shape index (κ3) is 1.69. The van der Waals surface area contributed by atoms with Crippen LogP contribution >= 0.6 is 0 Å². The number of piperidine rings is 1. The van der Waals surface area contributed by atoms with Gasteiger partial charge in [-0.15, -0.1) is 0 Å². The van der Waals surface area contributed by atoms with E-state index in [-0.39, 0.29) is 13.2 Å². The molecule has 1 aliphatic rings. The molecule has 0 aromatic heterocycles. The van der Waals surface area contributed by atoms with Gasteiger partial charge in [-0.25, -0.2) is 0 Å². The van der Waals surface area contributed by atoms with Crippen LogP contribution in [0.25, 0.3) is 0 Å². The van der Waals surface area contributed by atoms with Crippen LogP contribution in [0.2, 0.25) is 0 Å². The Morgan fingerprint density at radius 2 is 1.82 bits per heavy atom. The fraction of sp³-hybridized carbons (Fsp3) is 1.00. The van der Waals surface area contributed by atoms with E-state index >= 15 is 0 Å². The van der Waals surface area contributed by atoms with Crippen molar-refractivity contribution in [2.45, 2.75) is 24.4 Å². The van der Waals surface area contributed by atoms with E-state index < -0.39 is 24.4 Å². The third-order valence-electron chi connectivity index (χ3n) is 1.94. The van der Waals surface area contributed by atoms with Crippen molar-refractivity contribution in [2.24, 2.45) is 0 Å². The van der Waals surface area contributed by atoms with Crippen molar-refractivity contribution in [2.75, 3.05) is 13.2 Å². The van der Waals surface area contributed by atoms with Gasteiger partial charge in [-0.05, 0) is 0 Å². The van der Waals surface area contributed by atoms with Crippen LogP contribution in [-0.4, -0.2) is 57.9 Å². The summed E-state index contributed by atoms with van der Waals surface area (Å²) in [6, 6.07) is -0.534. The van der Waals surface area contributed by atoms with Crippen LogP contribution in [0, 0.1) is 0 Å². The van der Waals surface area contributed by atoms with E-state index in [0.717, 1.165) is 0 Å². The molecule has 5 heteroatoms. The number of rotatable bonds is 1. The number of aliphatic hydroxyl groups is 4. The van der Waals surface area contributed by atoms with Crippen LogP contribution in [0.4, 0.5) is 0 Å². The first kappa shape index (κ1) is 8.89. The minimum absolute atomic E-state index is 0.198. The van der Waals surface area contributed by atoms with Gasteiger partial charge in [-0.1, -0.05) is 0 Å². The smallest absolute Gasteiger partial charge is 0.109 e. The zero-order chi connectivity index (χ0) is 8.43. The second kappa shape index (κ2) is 3.46. The molecule has 11 heavy (non-hydrogen) atoms. The van der Waals surface area contributed by atoms with E-state index in [0.29, 0.717) is 0 Å². The Morgan fingerprint density at radius 3 is 2.36 bits per heavy atom. The highest BCUT2D eigenvalue weighted by atomic mass is 16.4. The normalized spacial score (nSPS) is 45.8. The molecule has 0 aromatic carbocycles. The van der Waals surface area contributed by atoms with Crippen LogP contribution in [0.1, 0.15) is 0 Å². The summed E-state index contributed by atoms with van der Waals surface area (Å²) in [5, 5.41) is 38.6. The quantitative estimate of drug-likeness (QED) is 0.285. The Labute approximate surface area is 64.3 Å². The number of hydrogen-bond donors (Lipinski definition) is 5. The second-order valence-corrected chi connectivity index (χ2v) is 2.75. The number of hydrogen-bond acceptors (Lipinski definition) is 5. The average molecular weight is 163 g/mol. The van der Waals surface area contributed by atoms with Gasteiger partial charge in [-0.2, -0.15) is 0 Å². The first-order chi connectivity index (χ1) is 5.16. The van der Waals surface area contributed by atoms with Gasteiger partial charge in [0, 0.05) is 6.54 Å². The van der Waals surface area contributed by atoms with E-state index in [1.807, 2.05) is 0 Å². The Bertz CT molecular complexity index is 130. The number of nitrogens with one attached hydrogen (secondary N) is 1. The lowest BCUT2D eigenvalue weighted by atomic mass is 9.97. The standard InChI is InChI=1S/C6H13NO4/c8-2-3-5(10)6(11)4(9)1-7-3/h3-11H,1-2H2/t3-,4-,5?,6-/m1/s1. The lowest BCUT2D eigenvalue weighted by Gasteiger charge is -2.34. The van der Waals surface area contributed by atoms with E-state index in [2.05, 4.69) is 5.32 Å². The van der Waals surface area contributed by atoms with Crippen LogP contribution in [-0.2, 0) is 0 Å². The summed E-state index contributed by atoms with van der Waals surface area (Å²) in [6.45, 7) is -0.0472. The molecule has 1 aliphatic heterocycles. The molecule has 0 aliphatic carbocycles. The molecule has 5 N–H and O–H groups in total. The largest absolute Gasteiger partial charge is 0.395 e. The van der Waals surface area contributed by atoms with Crippen LogP contribution in [0.15, 0.2) is 0 Å². The van der Waals surface area contributed by atoms with E-state index in [4.69, 9.17) is 15.3 Å². The Balaban J connectivity index is 2.52. The minimum atomic E-state index is -1.16. The molecule has 1 heterocycles. The van der Waals surface area contributed by atoms with Gasteiger partial charge >= 0.3 is 0 Å². The van der Waals surface area contributed by atoms with Crippen molar-refractivity contribution in [3.8, 4) is 0 Å². The van der Waals surface area contributed by atoms with Gasteiger partial charge in [0.25, 0.3) is 0 Å². The van der Waals surface area contributed by atoms with Crippen LogP contribution < -0.4 is 5.32 Å². The maximum Gasteiger partial charge on any atom is 0.109 e. The van der Waals surface area contributed by atoms with Gasteiger partial charge in [0.2, 0.25) is 0 Å². The van der Waals surface area contributed by atoms with E-state index in [9.17, 15) is 5.11 Å². The highest BCUT2D eigenvalue weighted by Crippen LogP contribution is 2.09. The first-order valence-corrected chi connectivity index (χ1v) is 3.55. The minimum Gasteiger partial charge on any atom is -0.395 e. The van der Waals surface area contributed by atoms with Crippen LogP contribution in [0.5, 0.6) is 0 Å². The maximum absolute atomic E-state index is 9.18. The van der Waals surface area contributed by atoms with Gasteiger partial charge in [0.1, 0.15) is 6.10 Å². The maximum atomic E-state index is 9.18. The Kier molecular flexibility index (Phi) is 2.80. The second-order valence-electron chi connectivity index (χ2n) is 2.75. The van der Waals surface area contributed by atoms with Crippen molar-refractivity contribution in [1.29, 1.82) is 0 Å². The highest BCUT2D eigenvalue weighted by molar-refractivity contribution is 4.91. The van der Waals surface area contributed by atoms with Crippen molar-refractivity contribution in [3.05, 3.63) is 0 Å². The summed E-state index contributed by atoms with van der Waals surface area (Å²) in [5.74, 6) is 0. The molecule has 1 rings (SSSR count). The molecule has 66 valence electrons. The van der Waals surface area contributed by atoms with E-state index in [1.54, 1.807) is 0 Å². The summed E-state index contributed by atoms with van der Waals surface area (Å²) in [6.07, 6.45) is -3.20. The fourth-order valence-electron chi connectivity index (χ4n) is 1.15. The van der Waals surface area contributed by atoms with Crippen molar-refractivity contribution < 1.29 is 20.4 Å². The molecular weight excluding hydrogens is 150 g/mol. The molecule has 0 aromatic rings. The van der Waals surface area contributed by atoms with Gasteiger partial charge < -0.3 is 25.7 Å². The predicted molar refractivity (Wildman–Crippen MR) is 36.9 cm³/mol. The molecule has 5 nitrogen and oxygen atoms in total. The molecule has 1 fully saturated rings. The summed E-state index contributed by atoms with van der Waals surface area (Å²) in [7, 11) is 0. The molecular formula is C6H13NO4. The fourth-order valence-corrected chi connectivity index (χ4v) is 1.15. The molecule has 1 unspecified atom stereocenters. The number of aliphatic hydroxyl groups excluding tert-OH is 4. The monoisotopic (exact) mass is 163 g/mol. The molecule has 0 amide bonds. The van der Waals surface area contributed by atoms with E-state index in [1.165, 1.54) is 0 Å². The number of β-amino-alcohol motifs (C(OH)–C–C–N with tert-alkyl or cyclic N) is 1. The van der Waals surface area contributed by atoms with Crippen molar-refractivity contribution >= 4 is 0 Å². The summed E-state index contributed by atoms with van der Waals surface area (Å²) in [4.78, 5) is 0. The molecule has 0 saturated carbocycles. The summed E-state index contributed by atoms with van der Waals surface area (Å²) < 4.78 is 0. The average Bonchev–Trinajstić information content (AvgIpc) is 2.01.